The Bertz CT molecular complexity index is 1190. The Morgan fingerprint density at radius 3 is 2.64 bits per heavy atom. The highest BCUT2D eigenvalue weighted by Crippen LogP contribution is 2.28. The van der Waals surface area contributed by atoms with Crippen LogP contribution in [0.2, 0.25) is 0 Å². The zero-order valence-electron chi connectivity index (χ0n) is 16.2. The van der Waals surface area contributed by atoms with E-state index in [4.69, 9.17) is 4.42 Å². The molecule has 28 heavy (non-hydrogen) atoms. The lowest BCUT2D eigenvalue weighted by molar-refractivity contribution is 0.540. The molecule has 3 heterocycles. The van der Waals surface area contributed by atoms with Crippen molar-refractivity contribution in [1.82, 2.24) is 24.5 Å². The maximum Gasteiger partial charge on any atom is 0.278 e. The summed E-state index contributed by atoms with van der Waals surface area (Å²) >= 11 is 1.50. The fourth-order valence-corrected chi connectivity index (χ4v) is 3.92. The van der Waals surface area contributed by atoms with E-state index in [1.54, 1.807) is 0 Å². The van der Waals surface area contributed by atoms with Gasteiger partial charge in [-0.3, -0.25) is 4.79 Å². The number of thioether (sulfide) groups is 1. The van der Waals surface area contributed by atoms with Crippen LogP contribution in [-0.4, -0.2) is 24.5 Å². The van der Waals surface area contributed by atoms with Crippen LogP contribution in [0.25, 0.3) is 22.6 Å². The summed E-state index contributed by atoms with van der Waals surface area (Å²) in [5.74, 6) is 2.48. The minimum atomic E-state index is -0.239. The van der Waals surface area contributed by atoms with Crippen LogP contribution in [0.15, 0.2) is 45.0 Å². The Balaban J connectivity index is 1.56. The van der Waals surface area contributed by atoms with Gasteiger partial charge in [0.15, 0.2) is 16.3 Å². The van der Waals surface area contributed by atoms with Crippen molar-refractivity contribution in [2.45, 2.75) is 37.6 Å². The van der Waals surface area contributed by atoms with Crippen molar-refractivity contribution < 1.29 is 4.42 Å². The van der Waals surface area contributed by atoms with Gasteiger partial charge in [-0.1, -0.05) is 37.7 Å². The number of benzene rings is 1. The molecule has 0 aliphatic carbocycles. The van der Waals surface area contributed by atoms with Crippen molar-refractivity contribution in [1.29, 1.82) is 0 Å². The number of nitrogens with zero attached hydrogens (tertiary/aromatic N) is 4. The van der Waals surface area contributed by atoms with Crippen molar-refractivity contribution >= 4 is 22.9 Å². The summed E-state index contributed by atoms with van der Waals surface area (Å²) in [5.41, 5.74) is 3.78. The van der Waals surface area contributed by atoms with Gasteiger partial charge in [0.05, 0.1) is 12.0 Å². The molecule has 4 rings (SSSR count). The molecule has 0 spiro atoms. The fraction of sp³-hybridized carbons (Fsp3) is 0.300. The van der Waals surface area contributed by atoms with Crippen molar-refractivity contribution in [2.24, 2.45) is 7.05 Å². The molecular weight excluding hydrogens is 374 g/mol. The molecule has 8 heteroatoms. The van der Waals surface area contributed by atoms with Crippen LogP contribution in [-0.2, 0) is 12.8 Å². The molecule has 0 radical (unpaired) electrons. The first kappa shape index (κ1) is 18.5. The van der Waals surface area contributed by atoms with Crippen LogP contribution >= 0.6 is 11.8 Å². The van der Waals surface area contributed by atoms with E-state index in [0.717, 1.165) is 17.0 Å². The lowest BCUT2D eigenvalue weighted by Crippen LogP contribution is -2.06. The quantitative estimate of drug-likeness (QED) is 0.513. The number of aryl methyl sites for hydroxylation is 2. The summed E-state index contributed by atoms with van der Waals surface area (Å²) in [6, 6.07) is 8.30. The molecule has 0 unspecified atom stereocenters. The van der Waals surface area contributed by atoms with E-state index in [1.807, 2.05) is 30.7 Å². The molecule has 4 aromatic rings. The van der Waals surface area contributed by atoms with Crippen LogP contribution in [0.1, 0.15) is 36.8 Å². The van der Waals surface area contributed by atoms with Crippen LogP contribution in [0.5, 0.6) is 0 Å². The highest BCUT2D eigenvalue weighted by atomic mass is 32.2. The normalized spacial score (nSPS) is 11.6. The average Bonchev–Trinajstić information content (AvgIpc) is 3.21. The largest absolute Gasteiger partial charge is 0.441 e. The maximum absolute atomic E-state index is 11.9. The average molecular weight is 395 g/mol. The third-order valence-electron chi connectivity index (χ3n) is 4.68. The van der Waals surface area contributed by atoms with E-state index in [-0.39, 0.29) is 5.56 Å². The third-order valence-corrected chi connectivity index (χ3v) is 5.72. The van der Waals surface area contributed by atoms with Crippen LogP contribution in [0.4, 0.5) is 0 Å². The zero-order valence-corrected chi connectivity index (χ0v) is 17.0. The van der Waals surface area contributed by atoms with E-state index >= 15 is 0 Å². The Labute approximate surface area is 166 Å². The Hall–Kier alpha value is -2.87. The molecule has 0 saturated carbocycles. The fourth-order valence-electron chi connectivity index (χ4n) is 2.95. The van der Waals surface area contributed by atoms with E-state index < -0.39 is 0 Å². The molecule has 0 amide bonds. The van der Waals surface area contributed by atoms with Crippen molar-refractivity contribution in [3.63, 3.8) is 0 Å². The van der Waals surface area contributed by atoms with Crippen LogP contribution in [0, 0.1) is 6.92 Å². The first-order valence-electron chi connectivity index (χ1n) is 9.03. The molecule has 0 aliphatic rings. The monoisotopic (exact) mass is 395 g/mol. The predicted molar refractivity (Wildman–Crippen MR) is 109 cm³/mol. The minimum absolute atomic E-state index is 0.239. The van der Waals surface area contributed by atoms with E-state index in [0.29, 0.717) is 33.9 Å². The molecule has 0 aliphatic heterocycles. The number of imidazole rings is 1. The molecule has 0 atom stereocenters. The van der Waals surface area contributed by atoms with Gasteiger partial charge in [-0.05, 0) is 30.5 Å². The summed E-state index contributed by atoms with van der Waals surface area (Å²) in [6.45, 7) is 6.25. The topological polar surface area (TPSA) is 89.6 Å². The molecule has 7 nitrogen and oxygen atoms in total. The summed E-state index contributed by atoms with van der Waals surface area (Å²) in [4.78, 5) is 27.7. The molecule has 3 aromatic heterocycles. The van der Waals surface area contributed by atoms with Gasteiger partial charge in [0.25, 0.3) is 5.56 Å². The molecule has 144 valence electrons. The molecule has 0 saturated heterocycles. The molecule has 1 N–H and O–H groups in total. The predicted octanol–water partition coefficient (Wildman–Crippen LogP) is 4.04. The van der Waals surface area contributed by atoms with Gasteiger partial charge in [0.1, 0.15) is 5.76 Å². The van der Waals surface area contributed by atoms with Gasteiger partial charge in [-0.15, -0.1) is 0 Å². The summed E-state index contributed by atoms with van der Waals surface area (Å²) in [5, 5.41) is 0.712. The summed E-state index contributed by atoms with van der Waals surface area (Å²) in [7, 11) is 1.85. The van der Waals surface area contributed by atoms with Gasteiger partial charge in [-0.2, -0.15) is 0 Å². The number of oxazole rings is 1. The van der Waals surface area contributed by atoms with E-state index in [1.165, 1.54) is 23.7 Å². The highest BCUT2D eigenvalue weighted by molar-refractivity contribution is 7.98. The third kappa shape index (κ3) is 3.35. The minimum Gasteiger partial charge on any atom is -0.441 e. The summed E-state index contributed by atoms with van der Waals surface area (Å²) in [6.07, 6.45) is 1.39. The Morgan fingerprint density at radius 1 is 1.21 bits per heavy atom. The van der Waals surface area contributed by atoms with E-state index in [2.05, 4.69) is 45.9 Å². The number of H-pyrrole nitrogens is 1. The lowest BCUT2D eigenvalue weighted by Gasteiger charge is -2.04. The van der Waals surface area contributed by atoms with Crippen LogP contribution in [0.3, 0.4) is 0 Å². The second kappa shape index (κ2) is 7.27. The second-order valence-corrected chi connectivity index (χ2v) is 7.89. The van der Waals surface area contributed by atoms with Gasteiger partial charge in [0.2, 0.25) is 5.89 Å². The number of fused-ring (bicyclic) bond motifs is 1. The molecule has 1 aromatic carbocycles. The first-order chi connectivity index (χ1) is 13.4. The van der Waals surface area contributed by atoms with Crippen LogP contribution < -0.4 is 5.56 Å². The Morgan fingerprint density at radius 2 is 1.96 bits per heavy atom. The number of nitrogens with one attached hydrogen (secondary N) is 1. The van der Waals surface area contributed by atoms with Crippen molar-refractivity contribution in [3.05, 3.63) is 58.0 Å². The Kier molecular flexibility index (Phi) is 4.80. The van der Waals surface area contributed by atoms with Gasteiger partial charge in [-0.25, -0.2) is 15.0 Å². The van der Waals surface area contributed by atoms with Gasteiger partial charge >= 0.3 is 0 Å². The van der Waals surface area contributed by atoms with E-state index in [9.17, 15) is 4.79 Å². The smallest absolute Gasteiger partial charge is 0.278 e. The van der Waals surface area contributed by atoms with Crippen molar-refractivity contribution in [3.8, 4) is 11.5 Å². The molecule has 0 bridgehead atoms. The number of rotatable bonds is 5. The molecular formula is C20H21N5O2S. The lowest BCUT2D eigenvalue weighted by atomic mass is 10.0. The number of hydrogen-bond donors (Lipinski definition) is 1. The number of hydrogen-bond acceptors (Lipinski definition) is 6. The number of aromatic nitrogens is 5. The SMILES string of the molecule is Cc1oc(-c2ccc(C(C)C)cc2)nc1CSc1nc2c(=O)[nH]cnc2n1C. The maximum atomic E-state index is 11.9. The first-order valence-corrected chi connectivity index (χ1v) is 10.0. The van der Waals surface area contributed by atoms with Crippen molar-refractivity contribution in [2.75, 3.05) is 0 Å². The zero-order chi connectivity index (χ0) is 19.8. The highest BCUT2D eigenvalue weighted by Gasteiger charge is 2.16. The van der Waals surface area contributed by atoms with Gasteiger partial charge in [0, 0.05) is 18.4 Å². The summed E-state index contributed by atoms with van der Waals surface area (Å²) < 4.78 is 7.69. The molecule has 0 fully saturated rings. The second-order valence-electron chi connectivity index (χ2n) is 6.94. The van der Waals surface area contributed by atoms with Gasteiger partial charge < -0.3 is 14.0 Å². The number of aromatic amines is 1. The standard InChI is InChI=1S/C20H21N5O2S/c1-11(2)13-5-7-14(8-6-13)19-23-15(12(3)27-19)9-28-20-24-16-17(25(20)4)21-10-22-18(16)26/h5-8,10-11H,9H2,1-4H3,(H,21,22,26).